The van der Waals surface area contributed by atoms with Gasteiger partial charge < -0.3 is 15.5 Å². The third-order valence-corrected chi connectivity index (χ3v) is 2.65. The Morgan fingerprint density at radius 1 is 1.29 bits per heavy atom. The van der Waals surface area contributed by atoms with E-state index in [2.05, 4.69) is 5.32 Å². The van der Waals surface area contributed by atoms with Gasteiger partial charge in [-0.1, -0.05) is 24.3 Å². The van der Waals surface area contributed by atoms with Crippen molar-refractivity contribution in [3.8, 4) is 0 Å². The summed E-state index contributed by atoms with van der Waals surface area (Å²) in [5, 5.41) is 20.7. The number of rotatable bonds is 7. The quantitative estimate of drug-likeness (QED) is 0.672. The molecule has 17 heavy (non-hydrogen) atoms. The summed E-state index contributed by atoms with van der Waals surface area (Å²) in [6.45, 7) is 2.75. The Hall–Kier alpha value is -1.39. The van der Waals surface area contributed by atoms with Crippen molar-refractivity contribution < 1.29 is 15.0 Å². The van der Waals surface area contributed by atoms with Gasteiger partial charge in [0.05, 0.1) is 6.61 Å². The SMILES string of the molecule is CC(CCC(=O)O)NCc1ccc(CO)cc1. The van der Waals surface area contributed by atoms with Gasteiger partial charge in [0.1, 0.15) is 0 Å². The van der Waals surface area contributed by atoms with Crippen LogP contribution < -0.4 is 5.32 Å². The van der Waals surface area contributed by atoms with Crippen molar-refractivity contribution in [1.29, 1.82) is 0 Å². The van der Waals surface area contributed by atoms with Crippen LogP contribution in [0.5, 0.6) is 0 Å². The Kier molecular flexibility index (Phi) is 5.66. The third-order valence-electron chi connectivity index (χ3n) is 2.65. The second-order valence-electron chi connectivity index (χ2n) is 4.19. The van der Waals surface area contributed by atoms with Crippen molar-refractivity contribution in [3.05, 3.63) is 35.4 Å². The van der Waals surface area contributed by atoms with E-state index in [9.17, 15) is 4.79 Å². The highest BCUT2D eigenvalue weighted by molar-refractivity contribution is 5.66. The number of benzene rings is 1. The largest absolute Gasteiger partial charge is 0.481 e. The van der Waals surface area contributed by atoms with Crippen LogP contribution in [0.1, 0.15) is 30.9 Å². The number of nitrogens with one attached hydrogen (secondary N) is 1. The number of carboxylic acids is 1. The van der Waals surface area contributed by atoms with Gasteiger partial charge in [-0.05, 0) is 24.5 Å². The van der Waals surface area contributed by atoms with Gasteiger partial charge in [-0.2, -0.15) is 0 Å². The second-order valence-corrected chi connectivity index (χ2v) is 4.19. The monoisotopic (exact) mass is 237 g/mol. The van der Waals surface area contributed by atoms with Gasteiger partial charge in [0.15, 0.2) is 0 Å². The lowest BCUT2D eigenvalue weighted by atomic mass is 10.1. The number of hydrogen-bond acceptors (Lipinski definition) is 3. The summed E-state index contributed by atoms with van der Waals surface area (Å²) in [7, 11) is 0. The van der Waals surface area contributed by atoms with E-state index < -0.39 is 5.97 Å². The van der Waals surface area contributed by atoms with Crippen LogP contribution in [-0.2, 0) is 17.9 Å². The molecular formula is C13H19NO3. The van der Waals surface area contributed by atoms with Gasteiger partial charge in [0.25, 0.3) is 0 Å². The van der Waals surface area contributed by atoms with Crippen LogP contribution in [-0.4, -0.2) is 22.2 Å². The highest BCUT2D eigenvalue weighted by Crippen LogP contribution is 2.05. The lowest BCUT2D eigenvalue weighted by Crippen LogP contribution is -2.26. The fraction of sp³-hybridized carbons (Fsp3) is 0.462. The molecule has 1 rings (SSSR count). The van der Waals surface area contributed by atoms with Crippen molar-refractivity contribution in [3.63, 3.8) is 0 Å². The lowest BCUT2D eigenvalue weighted by molar-refractivity contribution is -0.137. The molecule has 0 saturated heterocycles. The normalized spacial score (nSPS) is 12.4. The fourth-order valence-corrected chi connectivity index (χ4v) is 1.50. The minimum Gasteiger partial charge on any atom is -0.481 e. The third kappa shape index (κ3) is 5.47. The minimum atomic E-state index is -0.758. The van der Waals surface area contributed by atoms with Crippen molar-refractivity contribution in [2.45, 2.75) is 39.0 Å². The first-order valence-electron chi connectivity index (χ1n) is 5.75. The average molecular weight is 237 g/mol. The molecule has 1 aromatic rings. The molecule has 0 aliphatic rings. The molecule has 0 amide bonds. The van der Waals surface area contributed by atoms with E-state index in [0.29, 0.717) is 13.0 Å². The Morgan fingerprint density at radius 2 is 1.88 bits per heavy atom. The summed E-state index contributed by atoms with van der Waals surface area (Å²) >= 11 is 0. The molecule has 3 N–H and O–H groups in total. The van der Waals surface area contributed by atoms with Crippen LogP contribution in [0, 0.1) is 0 Å². The van der Waals surface area contributed by atoms with Crippen molar-refractivity contribution in [2.75, 3.05) is 0 Å². The molecule has 1 atom stereocenters. The van der Waals surface area contributed by atoms with E-state index in [-0.39, 0.29) is 19.1 Å². The zero-order valence-electron chi connectivity index (χ0n) is 10.0. The number of carboxylic acid groups (broad SMARTS) is 1. The molecule has 0 bridgehead atoms. The molecule has 0 aromatic heterocycles. The number of aliphatic hydroxyl groups is 1. The predicted octanol–water partition coefficient (Wildman–Crippen LogP) is 1.52. The zero-order chi connectivity index (χ0) is 12.7. The van der Waals surface area contributed by atoms with E-state index >= 15 is 0 Å². The van der Waals surface area contributed by atoms with Gasteiger partial charge in [0.2, 0.25) is 0 Å². The molecular weight excluding hydrogens is 218 g/mol. The van der Waals surface area contributed by atoms with Crippen LogP contribution in [0.4, 0.5) is 0 Å². The molecule has 4 heteroatoms. The first-order valence-corrected chi connectivity index (χ1v) is 5.75. The number of aliphatic carboxylic acids is 1. The molecule has 1 aromatic carbocycles. The Morgan fingerprint density at radius 3 is 2.41 bits per heavy atom. The average Bonchev–Trinajstić information content (AvgIpc) is 2.34. The zero-order valence-corrected chi connectivity index (χ0v) is 10.0. The fourth-order valence-electron chi connectivity index (χ4n) is 1.50. The molecule has 94 valence electrons. The topological polar surface area (TPSA) is 69.6 Å². The molecule has 0 saturated carbocycles. The van der Waals surface area contributed by atoms with Crippen molar-refractivity contribution >= 4 is 5.97 Å². The first kappa shape index (κ1) is 13.7. The van der Waals surface area contributed by atoms with E-state index in [1.165, 1.54) is 0 Å². The highest BCUT2D eigenvalue weighted by Gasteiger charge is 2.04. The van der Waals surface area contributed by atoms with Crippen LogP contribution in [0.2, 0.25) is 0 Å². The number of hydrogen-bond donors (Lipinski definition) is 3. The van der Waals surface area contributed by atoms with Crippen LogP contribution in [0.15, 0.2) is 24.3 Å². The molecule has 0 radical (unpaired) electrons. The molecule has 1 unspecified atom stereocenters. The molecule has 0 spiro atoms. The Bertz CT molecular complexity index is 348. The molecule has 0 aliphatic heterocycles. The van der Waals surface area contributed by atoms with E-state index in [0.717, 1.165) is 11.1 Å². The van der Waals surface area contributed by atoms with E-state index in [1.807, 2.05) is 31.2 Å². The van der Waals surface area contributed by atoms with Crippen LogP contribution >= 0.6 is 0 Å². The van der Waals surface area contributed by atoms with E-state index in [1.54, 1.807) is 0 Å². The maximum Gasteiger partial charge on any atom is 0.303 e. The first-order chi connectivity index (χ1) is 8.11. The van der Waals surface area contributed by atoms with Gasteiger partial charge in [-0.25, -0.2) is 0 Å². The van der Waals surface area contributed by atoms with Crippen molar-refractivity contribution in [1.82, 2.24) is 5.32 Å². The summed E-state index contributed by atoms with van der Waals surface area (Å²) in [5.41, 5.74) is 2.03. The van der Waals surface area contributed by atoms with Crippen LogP contribution in [0.3, 0.4) is 0 Å². The summed E-state index contributed by atoms with van der Waals surface area (Å²) < 4.78 is 0. The summed E-state index contributed by atoms with van der Waals surface area (Å²) in [4.78, 5) is 10.4. The highest BCUT2D eigenvalue weighted by atomic mass is 16.4. The lowest BCUT2D eigenvalue weighted by Gasteiger charge is -2.12. The van der Waals surface area contributed by atoms with Gasteiger partial charge in [0, 0.05) is 19.0 Å². The molecule has 0 aliphatic carbocycles. The Labute approximate surface area is 101 Å². The number of aliphatic hydroxyl groups excluding tert-OH is 1. The van der Waals surface area contributed by atoms with Crippen molar-refractivity contribution in [2.24, 2.45) is 0 Å². The maximum atomic E-state index is 10.4. The smallest absolute Gasteiger partial charge is 0.303 e. The van der Waals surface area contributed by atoms with Crippen LogP contribution in [0.25, 0.3) is 0 Å². The Balaban J connectivity index is 2.31. The summed E-state index contributed by atoms with van der Waals surface area (Å²) in [5.74, 6) is -0.758. The summed E-state index contributed by atoms with van der Waals surface area (Å²) in [6, 6.07) is 7.88. The minimum absolute atomic E-state index is 0.0583. The molecule has 4 nitrogen and oxygen atoms in total. The van der Waals surface area contributed by atoms with Gasteiger partial charge in [-0.15, -0.1) is 0 Å². The summed E-state index contributed by atoms with van der Waals surface area (Å²) in [6.07, 6.45) is 0.821. The number of carbonyl (C=O) groups is 1. The predicted molar refractivity (Wildman–Crippen MR) is 65.5 cm³/mol. The maximum absolute atomic E-state index is 10.4. The second kappa shape index (κ2) is 7.04. The van der Waals surface area contributed by atoms with E-state index in [4.69, 9.17) is 10.2 Å². The van der Waals surface area contributed by atoms with Gasteiger partial charge >= 0.3 is 5.97 Å². The molecule has 0 fully saturated rings. The van der Waals surface area contributed by atoms with Gasteiger partial charge in [-0.3, -0.25) is 4.79 Å². The molecule has 0 heterocycles. The standard InChI is InChI=1S/C13H19NO3/c1-10(2-7-13(16)17)14-8-11-3-5-12(9-15)6-4-11/h3-6,10,14-15H,2,7-9H2,1H3,(H,16,17).